The molecule has 4 nitrogen and oxygen atoms in total. The van der Waals surface area contributed by atoms with E-state index in [1.54, 1.807) is 6.92 Å². The normalized spacial score (nSPS) is 32.5. The summed E-state index contributed by atoms with van der Waals surface area (Å²) in [5, 5.41) is 8.32. The first-order valence-electron chi connectivity index (χ1n) is 4.14. The Kier molecular flexibility index (Phi) is 2.64. The minimum absolute atomic E-state index is 0.102. The molecule has 74 valence electrons. The molecular weight excluding hydrogens is 190 g/mol. The van der Waals surface area contributed by atoms with Crippen LogP contribution in [0.3, 0.4) is 0 Å². The Morgan fingerprint density at radius 1 is 1.69 bits per heavy atom. The maximum Gasteiger partial charge on any atom is 0.154 e. The van der Waals surface area contributed by atoms with Crippen LogP contribution in [-0.4, -0.2) is 33.1 Å². The summed E-state index contributed by atoms with van der Waals surface area (Å²) in [7, 11) is -1.59. The Hall–Kier alpha value is -0.600. The molecule has 0 N–H and O–H groups in total. The molecule has 2 atom stereocenters. The number of nitriles is 1. The minimum Gasteiger partial charge on any atom is -0.383 e. The highest BCUT2D eigenvalue weighted by molar-refractivity contribution is 7.92. The molecule has 1 aliphatic rings. The van der Waals surface area contributed by atoms with E-state index in [9.17, 15) is 8.42 Å². The van der Waals surface area contributed by atoms with Crippen molar-refractivity contribution >= 4 is 9.84 Å². The third-order valence-corrected chi connectivity index (χ3v) is 4.76. The van der Waals surface area contributed by atoms with Gasteiger partial charge in [0.1, 0.15) is 0 Å². The molecule has 0 spiro atoms. The van der Waals surface area contributed by atoms with Crippen molar-refractivity contribution in [3.63, 3.8) is 0 Å². The molecule has 0 aliphatic heterocycles. The van der Waals surface area contributed by atoms with E-state index in [0.717, 1.165) is 0 Å². The monoisotopic (exact) mass is 203 g/mol. The summed E-state index contributed by atoms with van der Waals surface area (Å²) in [6.45, 7) is 1.82. The lowest BCUT2D eigenvalue weighted by molar-refractivity contribution is 0.164. The summed E-state index contributed by atoms with van der Waals surface area (Å²) in [6, 6.07) is 2.04. The average molecular weight is 203 g/mol. The molecule has 13 heavy (non-hydrogen) atoms. The number of rotatable bonds is 4. The van der Waals surface area contributed by atoms with Crippen molar-refractivity contribution in [2.75, 3.05) is 19.5 Å². The summed E-state index contributed by atoms with van der Waals surface area (Å²) >= 11 is 0. The number of ether oxygens (including phenoxy) is 1. The fraction of sp³-hybridized carbons (Fsp3) is 0.875. The minimum atomic E-state index is -3.07. The van der Waals surface area contributed by atoms with Gasteiger partial charge in [-0.15, -0.1) is 0 Å². The van der Waals surface area contributed by atoms with Crippen molar-refractivity contribution in [1.82, 2.24) is 0 Å². The lowest BCUT2D eigenvalue weighted by atomic mass is 10.1. The second-order valence-electron chi connectivity index (χ2n) is 3.35. The number of hydrogen-bond acceptors (Lipinski definition) is 4. The van der Waals surface area contributed by atoms with Crippen molar-refractivity contribution in [3.8, 4) is 6.07 Å². The fourth-order valence-electron chi connectivity index (χ4n) is 1.50. The van der Waals surface area contributed by atoms with Gasteiger partial charge in [-0.1, -0.05) is 6.92 Å². The first-order chi connectivity index (χ1) is 6.02. The molecule has 0 aromatic rings. The summed E-state index contributed by atoms with van der Waals surface area (Å²) < 4.78 is 27.7. The van der Waals surface area contributed by atoms with E-state index in [2.05, 4.69) is 0 Å². The Balaban J connectivity index is 2.78. The molecule has 0 unspecified atom stereocenters. The predicted molar refractivity (Wildman–Crippen MR) is 47.8 cm³/mol. The highest BCUT2D eigenvalue weighted by Crippen LogP contribution is 2.50. The van der Waals surface area contributed by atoms with Crippen molar-refractivity contribution in [2.24, 2.45) is 5.41 Å². The van der Waals surface area contributed by atoms with E-state index in [-0.39, 0.29) is 12.4 Å². The van der Waals surface area contributed by atoms with Gasteiger partial charge in [0, 0.05) is 12.9 Å². The van der Waals surface area contributed by atoms with Gasteiger partial charge in [0.2, 0.25) is 0 Å². The summed E-state index contributed by atoms with van der Waals surface area (Å²) in [4.78, 5) is 0. The Morgan fingerprint density at radius 2 is 2.31 bits per heavy atom. The average Bonchev–Trinajstić information content (AvgIpc) is 2.82. The summed E-state index contributed by atoms with van der Waals surface area (Å²) in [6.07, 6.45) is 0.424. The van der Waals surface area contributed by atoms with Gasteiger partial charge >= 0.3 is 0 Å². The topological polar surface area (TPSA) is 67.2 Å². The highest BCUT2D eigenvalue weighted by atomic mass is 32.2. The van der Waals surface area contributed by atoms with Crippen molar-refractivity contribution < 1.29 is 13.2 Å². The molecule has 1 rings (SSSR count). The third kappa shape index (κ3) is 1.69. The second kappa shape index (κ2) is 3.28. The Morgan fingerprint density at radius 3 is 2.69 bits per heavy atom. The molecule has 0 aromatic carbocycles. The summed E-state index contributed by atoms with van der Waals surface area (Å²) in [5.41, 5.74) is -0.760. The zero-order valence-electron chi connectivity index (χ0n) is 7.78. The Labute approximate surface area is 78.4 Å². The molecule has 1 saturated carbocycles. The lowest BCUT2D eigenvalue weighted by Gasteiger charge is -2.06. The fourth-order valence-corrected chi connectivity index (χ4v) is 3.27. The molecule has 0 aromatic heterocycles. The molecular formula is C8H13NO3S. The maximum absolute atomic E-state index is 11.4. The van der Waals surface area contributed by atoms with Crippen LogP contribution in [0.4, 0.5) is 0 Å². The van der Waals surface area contributed by atoms with Gasteiger partial charge in [-0.2, -0.15) is 5.26 Å². The van der Waals surface area contributed by atoms with Crippen LogP contribution in [-0.2, 0) is 14.6 Å². The first-order valence-corrected chi connectivity index (χ1v) is 5.85. The zero-order valence-corrected chi connectivity index (χ0v) is 8.60. The highest BCUT2D eigenvalue weighted by Gasteiger charge is 2.61. The van der Waals surface area contributed by atoms with Gasteiger partial charge in [-0.3, -0.25) is 0 Å². The standard InChI is InChI=1S/C8H13NO3S/c1-3-13(10,11)7-4-8(7,5-9)6-12-2/h7H,3-4,6H2,1-2H3/t7-,8-/m1/s1. The molecule has 5 heteroatoms. The van der Waals surface area contributed by atoms with E-state index in [4.69, 9.17) is 10.00 Å². The molecule has 1 aliphatic carbocycles. The van der Waals surface area contributed by atoms with E-state index < -0.39 is 20.5 Å². The van der Waals surface area contributed by atoms with E-state index in [0.29, 0.717) is 6.42 Å². The van der Waals surface area contributed by atoms with E-state index >= 15 is 0 Å². The van der Waals surface area contributed by atoms with Crippen LogP contribution in [0.1, 0.15) is 13.3 Å². The van der Waals surface area contributed by atoms with Crippen LogP contribution in [0.25, 0.3) is 0 Å². The Bertz CT molecular complexity index is 330. The van der Waals surface area contributed by atoms with Crippen LogP contribution in [0.5, 0.6) is 0 Å². The van der Waals surface area contributed by atoms with Crippen molar-refractivity contribution in [2.45, 2.75) is 18.6 Å². The summed E-state index contributed by atoms with van der Waals surface area (Å²) in [5.74, 6) is 0.102. The quantitative estimate of drug-likeness (QED) is 0.661. The van der Waals surface area contributed by atoms with Crippen LogP contribution in [0.2, 0.25) is 0 Å². The van der Waals surface area contributed by atoms with Gasteiger partial charge in [0.25, 0.3) is 0 Å². The van der Waals surface area contributed by atoms with Gasteiger partial charge in [-0.25, -0.2) is 8.42 Å². The van der Waals surface area contributed by atoms with Crippen LogP contribution in [0.15, 0.2) is 0 Å². The molecule has 0 bridgehead atoms. The SMILES string of the molecule is CCS(=O)(=O)[C@@H]1C[C@@]1(C#N)COC. The smallest absolute Gasteiger partial charge is 0.154 e. The largest absolute Gasteiger partial charge is 0.383 e. The number of hydrogen-bond donors (Lipinski definition) is 0. The number of sulfone groups is 1. The van der Waals surface area contributed by atoms with Crippen LogP contribution < -0.4 is 0 Å². The third-order valence-electron chi connectivity index (χ3n) is 2.47. The van der Waals surface area contributed by atoms with E-state index in [1.807, 2.05) is 6.07 Å². The number of nitrogens with zero attached hydrogens (tertiary/aromatic N) is 1. The predicted octanol–water partition coefficient (Wildman–Crippen LogP) is 0.350. The molecule has 0 saturated heterocycles. The number of methoxy groups -OCH3 is 1. The van der Waals surface area contributed by atoms with E-state index in [1.165, 1.54) is 7.11 Å². The maximum atomic E-state index is 11.4. The molecule has 0 heterocycles. The van der Waals surface area contributed by atoms with Gasteiger partial charge in [-0.05, 0) is 6.42 Å². The van der Waals surface area contributed by atoms with Gasteiger partial charge in [0.15, 0.2) is 9.84 Å². The first kappa shape index (κ1) is 10.5. The van der Waals surface area contributed by atoms with Gasteiger partial charge in [0.05, 0.1) is 23.3 Å². The second-order valence-corrected chi connectivity index (χ2v) is 5.82. The van der Waals surface area contributed by atoms with Crippen molar-refractivity contribution in [3.05, 3.63) is 0 Å². The molecule has 1 fully saturated rings. The zero-order chi connectivity index (χ0) is 10.1. The molecule has 0 amide bonds. The molecule has 0 radical (unpaired) electrons. The van der Waals surface area contributed by atoms with Crippen LogP contribution in [0, 0.1) is 16.7 Å². The van der Waals surface area contributed by atoms with Crippen molar-refractivity contribution in [1.29, 1.82) is 5.26 Å². The van der Waals surface area contributed by atoms with Crippen LogP contribution >= 0.6 is 0 Å². The lowest BCUT2D eigenvalue weighted by Crippen LogP contribution is -2.20. The van der Waals surface area contributed by atoms with Gasteiger partial charge < -0.3 is 4.74 Å².